The van der Waals surface area contributed by atoms with Crippen molar-refractivity contribution in [2.24, 2.45) is 5.73 Å². The zero-order chi connectivity index (χ0) is 14.0. The Kier molecular flexibility index (Phi) is 4.08. The van der Waals surface area contributed by atoms with Crippen LogP contribution in [0.2, 0.25) is 5.02 Å². The highest BCUT2D eigenvalue weighted by Gasteiger charge is 2.06. The molecule has 0 bridgehead atoms. The van der Waals surface area contributed by atoms with Gasteiger partial charge in [-0.1, -0.05) is 41.5 Å². The second-order valence-electron chi connectivity index (χ2n) is 4.50. The van der Waals surface area contributed by atoms with Gasteiger partial charge in [0.15, 0.2) is 0 Å². The first-order chi connectivity index (χ1) is 8.97. The molecule has 0 unspecified atom stereocenters. The smallest absolute Gasteiger partial charge is 0.106 e. The minimum Gasteiger partial charge on any atom is -0.389 e. The van der Waals surface area contributed by atoms with E-state index in [0.29, 0.717) is 4.99 Å². The molecule has 0 radical (unpaired) electrons. The number of nitrogens with one attached hydrogen (secondary N) is 1. The highest BCUT2D eigenvalue weighted by Crippen LogP contribution is 2.25. The molecule has 0 aliphatic rings. The van der Waals surface area contributed by atoms with Gasteiger partial charge in [0.25, 0.3) is 0 Å². The van der Waals surface area contributed by atoms with E-state index in [2.05, 4.69) is 5.32 Å². The van der Waals surface area contributed by atoms with Gasteiger partial charge >= 0.3 is 0 Å². The highest BCUT2D eigenvalue weighted by atomic mass is 35.5. The van der Waals surface area contributed by atoms with Gasteiger partial charge in [-0.15, -0.1) is 0 Å². The molecule has 0 saturated heterocycles. The topological polar surface area (TPSA) is 38.0 Å². The molecule has 19 heavy (non-hydrogen) atoms. The molecule has 0 aliphatic heterocycles. The molecule has 2 nitrogen and oxygen atoms in total. The monoisotopic (exact) mass is 290 g/mol. The average molecular weight is 291 g/mol. The quantitative estimate of drug-likeness (QED) is 0.826. The Morgan fingerprint density at radius 3 is 2.53 bits per heavy atom. The fourth-order valence-electron chi connectivity index (χ4n) is 1.80. The van der Waals surface area contributed by atoms with Gasteiger partial charge in [0, 0.05) is 22.0 Å². The van der Waals surface area contributed by atoms with Crippen molar-refractivity contribution in [3.8, 4) is 0 Å². The van der Waals surface area contributed by atoms with E-state index >= 15 is 0 Å². The number of aryl methyl sites for hydroxylation is 2. The predicted molar refractivity (Wildman–Crippen MR) is 86.5 cm³/mol. The number of thiocarbonyl (C=S) groups is 1. The van der Waals surface area contributed by atoms with E-state index in [1.807, 2.05) is 50.2 Å². The molecular weight excluding hydrogens is 276 g/mol. The second-order valence-corrected chi connectivity index (χ2v) is 5.35. The third-order valence-electron chi connectivity index (χ3n) is 2.89. The number of benzene rings is 2. The van der Waals surface area contributed by atoms with Crippen molar-refractivity contribution in [2.75, 3.05) is 5.32 Å². The van der Waals surface area contributed by atoms with Gasteiger partial charge in [-0.05, 0) is 43.7 Å². The number of hydrogen-bond acceptors (Lipinski definition) is 2. The van der Waals surface area contributed by atoms with Crippen LogP contribution in [-0.4, -0.2) is 4.99 Å². The van der Waals surface area contributed by atoms with E-state index in [1.54, 1.807) is 0 Å². The zero-order valence-corrected chi connectivity index (χ0v) is 12.4. The molecule has 0 aliphatic carbocycles. The van der Waals surface area contributed by atoms with Gasteiger partial charge in [-0.2, -0.15) is 0 Å². The molecule has 3 N–H and O–H groups in total. The largest absolute Gasteiger partial charge is 0.389 e. The molecule has 98 valence electrons. The lowest BCUT2D eigenvalue weighted by atomic mass is 10.1. The molecule has 0 aromatic heterocycles. The van der Waals surface area contributed by atoms with Crippen LogP contribution in [0, 0.1) is 13.8 Å². The molecule has 0 amide bonds. The number of halogens is 1. The number of hydrogen-bond donors (Lipinski definition) is 2. The van der Waals surface area contributed by atoms with Gasteiger partial charge in [0.2, 0.25) is 0 Å². The lowest BCUT2D eigenvalue weighted by Gasteiger charge is -2.13. The van der Waals surface area contributed by atoms with Crippen LogP contribution in [0.4, 0.5) is 11.4 Å². The van der Waals surface area contributed by atoms with E-state index in [0.717, 1.165) is 33.1 Å². The lowest BCUT2D eigenvalue weighted by molar-refractivity contribution is 1.42. The van der Waals surface area contributed by atoms with Crippen LogP contribution < -0.4 is 11.1 Å². The number of rotatable bonds is 3. The third kappa shape index (κ3) is 3.25. The Morgan fingerprint density at radius 2 is 1.89 bits per heavy atom. The summed E-state index contributed by atoms with van der Waals surface area (Å²) in [5.41, 5.74) is 10.6. The Bertz CT molecular complexity index is 638. The van der Waals surface area contributed by atoms with Gasteiger partial charge in [-0.25, -0.2) is 0 Å². The maximum Gasteiger partial charge on any atom is 0.106 e. The van der Waals surface area contributed by atoms with Crippen LogP contribution >= 0.6 is 23.8 Å². The van der Waals surface area contributed by atoms with Crippen molar-refractivity contribution in [3.63, 3.8) is 0 Å². The maximum atomic E-state index is 6.12. The average Bonchev–Trinajstić information content (AvgIpc) is 2.36. The van der Waals surface area contributed by atoms with Crippen LogP contribution in [0.3, 0.4) is 0 Å². The summed E-state index contributed by atoms with van der Waals surface area (Å²) in [6.45, 7) is 3.98. The van der Waals surface area contributed by atoms with Crippen molar-refractivity contribution in [3.05, 3.63) is 58.1 Å². The Balaban J connectivity index is 2.37. The molecule has 2 aromatic rings. The van der Waals surface area contributed by atoms with Crippen molar-refractivity contribution in [1.29, 1.82) is 0 Å². The summed E-state index contributed by atoms with van der Waals surface area (Å²) < 4.78 is 0. The SMILES string of the molecule is Cc1ccc(Nc2ccc(C)c(Cl)c2)c(C(N)=S)c1. The first-order valence-corrected chi connectivity index (χ1v) is 6.69. The molecule has 4 heteroatoms. The minimum absolute atomic E-state index is 0.379. The second kappa shape index (κ2) is 5.59. The van der Waals surface area contributed by atoms with Crippen LogP contribution in [0.15, 0.2) is 36.4 Å². The molecule has 0 atom stereocenters. The van der Waals surface area contributed by atoms with Crippen molar-refractivity contribution < 1.29 is 0 Å². The number of anilines is 2. The van der Waals surface area contributed by atoms with Crippen LogP contribution in [0.5, 0.6) is 0 Å². The molecule has 0 saturated carbocycles. The van der Waals surface area contributed by atoms with E-state index in [-0.39, 0.29) is 0 Å². The Morgan fingerprint density at radius 1 is 1.16 bits per heavy atom. The Labute approximate surface area is 123 Å². The normalized spacial score (nSPS) is 10.3. The van der Waals surface area contributed by atoms with E-state index in [1.165, 1.54) is 0 Å². The Hall–Kier alpha value is -1.58. The highest BCUT2D eigenvalue weighted by molar-refractivity contribution is 7.80. The van der Waals surface area contributed by atoms with Crippen LogP contribution in [0.1, 0.15) is 16.7 Å². The van der Waals surface area contributed by atoms with Crippen molar-refractivity contribution in [1.82, 2.24) is 0 Å². The van der Waals surface area contributed by atoms with Crippen molar-refractivity contribution in [2.45, 2.75) is 13.8 Å². The van der Waals surface area contributed by atoms with Crippen LogP contribution in [0.25, 0.3) is 0 Å². The summed E-state index contributed by atoms with van der Waals surface area (Å²) in [4.78, 5) is 0.379. The van der Waals surface area contributed by atoms with Crippen LogP contribution in [-0.2, 0) is 0 Å². The van der Waals surface area contributed by atoms with E-state index < -0.39 is 0 Å². The lowest BCUT2D eigenvalue weighted by Crippen LogP contribution is -2.12. The summed E-state index contributed by atoms with van der Waals surface area (Å²) in [5, 5.41) is 4.03. The van der Waals surface area contributed by atoms with Gasteiger partial charge < -0.3 is 11.1 Å². The summed E-state index contributed by atoms with van der Waals surface area (Å²) in [7, 11) is 0. The molecule has 2 aromatic carbocycles. The van der Waals surface area contributed by atoms with E-state index in [9.17, 15) is 0 Å². The predicted octanol–water partition coefficient (Wildman–Crippen LogP) is 4.33. The molecule has 2 rings (SSSR count). The third-order valence-corrected chi connectivity index (χ3v) is 3.52. The van der Waals surface area contributed by atoms with Gasteiger partial charge in [-0.3, -0.25) is 0 Å². The van der Waals surface area contributed by atoms with Gasteiger partial charge in [0.05, 0.1) is 0 Å². The number of nitrogens with two attached hydrogens (primary N) is 1. The summed E-state index contributed by atoms with van der Waals surface area (Å²) >= 11 is 11.2. The van der Waals surface area contributed by atoms with E-state index in [4.69, 9.17) is 29.6 Å². The fraction of sp³-hybridized carbons (Fsp3) is 0.133. The molecular formula is C15H15ClN2S. The maximum absolute atomic E-state index is 6.12. The first-order valence-electron chi connectivity index (χ1n) is 5.91. The summed E-state index contributed by atoms with van der Waals surface area (Å²) in [6.07, 6.45) is 0. The standard InChI is InChI=1S/C15H15ClN2S/c1-9-3-6-14(12(7-9)15(17)19)18-11-5-4-10(2)13(16)8-11/h3-8,18H,1-2H3,(H2,17,19). The fourth-order valence-corrected chi connectivity index (χ4v) is 2.15. The summed E-state index contributed by atoms with van der Waals surface area (Å²) in [6, 6.07) is 11.8. The molecule has 0 heterocycles. The molecule has 0 spiro atoms. The van der Waals surface area contributed by atoms with Crippen molar-refractivity contribution >= 4 is 40.2 Å². The first kappa shape index (κ1) is 13.8. The molecule has 0 fully saturated rings. The summed E-state index contributed by atoms with van der Waals surface area (Å²) in [5.74, 6) is 0. The van der Waals surface area contributed by atoms with Gasteiger partial charge in [0.1, 0.15) is 4.99 Å². The minimum atomic E-state index is 0.379. The zero-order valence-electron chi connectivity index (χ0n) is 10.8.